The fourth-order valence-electron chi connectivity index (χ4n) is 2.81. The van der Waals surface area contributed by atoms with Crippen LogP contribution in [0.15, 0.2) is 48.5 Å². The molecular weight excluding hydrogens is 274 g/mol. The predicted molar refractivity (Wildman–Crippen MR) is 86.9 cm³/mol. The first-order valence-corrected chi connectivity index (χ1v) is 7.79. The third kappa shape index (κ3) is 2.98. The molecule has 3 rings (SSSR count). The number of amides is 1. The quantitative estimate of drug-likeness (QED) is 0.936. The lowest BCUT2D eigenvalue weighted by molar-refractivity contribution is -0.128. The van der Waals surface area contributed by atoms with Crippen LogP contribution in [0.1, 0.15) is 36.1 Å². The normalized spacial score (nSPS) is 17.5. The van der Waals surface area contributed by atoms with E-state index in [0.29, 0.717) is 6.42 Å². The summed E-state index contributed by atoms with van der Waals surface area (Å²) in [6.07, 6.45) is 1.08. The molecule has 0 saturated carbocycles. The van der Waals surface area contributed by atoms with Gasteiger partial charge in [-0.15, -0.1) is 0 Å². The van der Waals surface area contributed by atoms with Crippen LogP contribution in [0.25, 0.3) is 0 Å². The molecule has 2 aromatic rings. The molecule has 0 fully saturated rings. The van der Waals surface area contributed by atoms with Crippen molar-refractivity contribution in [3.8, 4) is 5.75 Å². The van der Waals surface area contributed by atoms with E-state index in [2.05, 4.69) is 43.4 Å². The first kappa shape index (κ1) is 14.6. The van der Waals surface area contributed by atoms with Crippen molar-refractivity contribution >= 4 is 5.91 Å². The van der Waals surface area contributed by atoms with Gasteiger partial charge in [0, 0.05) is 6.42 Å². The van der Waals surface area contributed by atoms with Gasteiger partial charge in [-0.3, -0.25) is 4.79 Å². The van der Waals surface area contributed by atoms with Gasteiger partial charge in [0.2, 0.25) is 0 Å². The molecule has 1 amide bonds. The number of carbonyl (C=O) groups is 1. The smallest absolute Gasteiger partial charge is 0.261 e. The van der Waals surface area contributed by atoms with E-state index >= 15 is 0 Å². The topological polar surface area (TPSA) is 38.3 Å². The molecule has 3 nitrogen and oxygen atoms in total. The van der Waals surface area contributed by atoms with E-state index in [1.165, 1.54) is 5.56 Å². The highest BCUT2D eigenvalue weighted by Crippen LogP contribution is 2.28. The third-order valence-corrected chi connectivity index (χ3v) is 4.14. The van der Waals surface area contributed by atoms with E-state index < -0.39 is 6.10 Å². The van der Waals surface area contributed by atoms with Crippen LogP contribution in [0.3, 0.4) is 0 Å². The standard InChI is InChI=1S/C19H21NO2/c1-3-16(14-10-8-13(2)9-11-14)20-19(21)18-12-15-6-4-5-7-17(15)22-18/h4-11,16,18H,3,12H2,1-2H3,(H,20,21). The Morgan fingerprint density at radius 1 is 1.23 bits per heavy atom. The minimum absolute atomic E-state index is 0.0282. The second-order valence-corrected chi connectivity index (χ2v) is 5.80. The van der Waals surface area contributed by atoms with Gasteiger partial charge in [0.05, 0.1) is 6.04 Å². The van der Waals surface area contributed by atoms with Crippen LogP contribution in [0.5, 0.6) is 5.75 Å². The van der Waals surface area contributed by atoms with Gasteiger partial charge < -0.3 is 10.1 Å². The molecule has 1 aliphatic heterocycles. The summed E-state index contributed by atoms with van der Waals surface area (Å²) < 4.78 is 5.76. The van der Waals surface area contributed by atoms with Gasteiger partial charge in [-0.2, -0.15) is 0 Å². The fraction of sp³-hybridized carbons (Fsp3) is 0.316. The van der Waals surface area contributed by atoms with Crippen LogP contribution in [0, 0.1) is 6.92 Å². The van der Waals surface area contributed by atoms with Gasteiger partial charge in [-0.1, -0.05) is 55.0 Å². The monoisotopic (exact) mass is 295 g/mol. The maximum Gasteiger partial charge on any atom is 0.261 e. The number of benzene rings is 2. The largest absolute Gasteiger partial charge is 0.480 e. The number of rotatable bonds is 4. The minimum Gasteiger partial charge on any atom is -0.480 e. The molecular formula is C19H21NO2. The molecule has 2 atom stereocenters. The van der Waals surface area contributed by atoms with Gasteiger partial charge in [0.1, 0.15) is 5.75 Å². The average molecular weight is 295 g/mol. The zero-order chi connectivity index (χ0) is 15.5. The molecule has 0 radical (unpaired) electrons. The average Bonchev–Trinajstić information content (AvgIpc) is 2.97. The Morgan fingerprint density at radius 2 is 1.95 bits per heavy atom. The highest BCUT2D eigenvalue weighted by Gasteiger charge is 2.29. The SMILES string of the molecule is CCC(NC(=O)C1Cc2ccccc2O1)c1ccc(C)cc1. The molecule has 0 bridgehead atoms. The number of carbonyl (C=O) groups excluding carboxylic acids is 1. The van der Waals surface area contributed by atoms with E-state index in [-0.39, 0.29) is 11.9 Å². The van der Waals surface area contributed by atoms with Crippen LogP contribution in [-0.4, -0.2) is 12.0 Å². The Bertz CT molecular complexity index is 638. The number of hydrogen-bond acceptors (Lipinski definition) is 2. The number of ether oxygens (including phenoxy) is 1. The number of para-hydroxylation sites is 1. The number of aryl methyl sites for hydroxylation is 1. The van der Waals surface area contributed by atoms with Crippen molar-refractivity contribution in [2.24, 2.45) is 0 Å². The molecule has 2 aromatic carbocycles. The van der Waals surface area contributed by atoms with Crippen LogP contribution in [0.4, 0.5) is 0 Å². The van der Waals surface area contributed by atoms with Gasteiger partial charge in [-0.25, -0.2) is 0 Å². The van der Waals surface area contributed by atoms with E-state index in [1.807, 2.05) is 24.3 Å². The lowest BCUT2D eigenvalue weighted by atomic mass is 10.0. The van der Waals surface area contributed by atoms with E-state index in [9.17, 15) is 4.79 Å². The van der Waals surface area contributed by atoms with E-state index in [0.717, 1.165) is 23.3 Å². The summed E-state index contributed by atoms with van der Waals surface area (Å²) >= 11 is 0. The highest BCUT2D eigenvalue weighted by atomic mass is 16.5. The van der Waals surface area contributed by atoms with Gasteiger partial charge in [0.15, 0.2) is 6.10 Å². The molecule has 114 valence electrons. The van der Waals surface area contributed by atoms with Crippen LogP contribution < -0.4 is 10.1 Å². The summed E-state index contributed by atoms with van der Waals surface area (Å²) in [6, 6.07) is 16.2. The molecule has 1 aliphatic rings. The first-order chi connectivity index (χ1) is 10.7. The summed E-state index contributed by atoms with van der Waals surface area (Å²) in [5.74, 6) is 0.787. The van der Waals surface area contributed by atoms with Crippen LogP contribution in [0.2, 0.25) is 0 Å². The minimum atomic E-state index is -0.420. The van der Waals surface area contributed by atoms with E-state index in [4.69, 9.17) is 4.74 Å². The van der Waals surface area contributed by atoms with Gasteiger partial charge in [0.25, 0.3) is 5.91 Å². The number of fused-ring (bicyclic) bond motifs is 1. The van der Waals surface area contributed by atoms with Crippen molar-refractivity contribution in [1.29, 1.82) is 0 Å². The van der Waals surface area contributed by atoms with Crippen molar-refractivity contribution in [2.75, 3.05) is 0 Å². The van der Waals surface area contributed by atoms with Gasteiger partial charge >= 0.3 is 0 Å². The Balaban J connectivity index is 1.67. The van der Waals surface area contributed by atoms with Crippen molar-refractivity contribution in [1.82, 2.24) is 5.32 Å². The lowest BCUT2D eigenvalue weighted by Crippen LogP contribution is -2.39. The summed E-state index contributed by atoms with van der Waals surface area (Å²) in [4.78, 5) is 12.5. The Labute approximate surface area is 131 Å². The molecule has 1 N–H and O–H groups in total. The molecule has 0 aromatic heterocycles. The predicted octanol–water partition coefficient (Wildman–Crippen LogP) is 3.57. The molecule has 3 heteroatoms. The molecule has 22 heavy (non-hydrogen) atoms. The van der Waals surface area contributed by atoms with Crippen LogP contribution >= 0.6 is 0 Å². The third-order valence-electron chi connectivity index (χ3n) is 4.14. The first-order valence-electron chi connectivity index (χ1n) is 7.79. The fourth-order valence-corrected chi connectivity index (χ4v) is 2.81. The summed E-state index contributed by atoms with van der Waals surface area (Å²) in [6.45, 7) is 4.14. The van der Waals surface area contributed by atoms with Crippen molar-refractivity contribution in [3.05, 3.63) is 65.2 Å². The molecule has 0 saturated heterocycles. The molecule has 1 heterocycles. The highest BCUT2D eigenvalue weighted by molar-refractivity contribution is 5.83. The summed E-state index contributed by atoms with van der Waals surface area (Å²) in [7, 11) is 0. The maximum atomic E-state index is 12.5. The number of hydrogen-bond donors (Lipinski definition) is 1. The maximum absolute atomic E-state index is 12.5. The zero-order valence-corrected chi connectivity index (χ0v) is 13.0. The van der Waals surface area contributed by atoms with Crippen molar-refractivity contribution in [3.63, 3.8) is 0 Å². The van der Waals surface area contributed by atoms with Crippen molar-refractivity contribution < 1.29 is 9.53 Å². The van der Waals surface area contributed by atoms with Crippen LogP contribution in [-0.2, 0) is 11.2 Å². The number of nitrogens with one attached hydrogen (secondary N) is 1. The molecule has 0 aliphatic carbocycles. The molecule has 2 unspecified atom stereocenters. The summed E-state index contributed by atoms with van der Waals surface area (Å²) in [5.41, 5.74) is 3.46. The Morgan fingerprint density at radius 3 is 2.64 bits per heavy atom. The Kier molecular flexibility index (Phi) is 4.14. The summed E-state index contributed by atoms with van der Waals surface area (Å²) in [5, 5.41) is 3.12. The van der Waals surface area contributed by atoms with Crippen molar-refractivity contribution in [2.45, 2.75) is 38.8 Å². The van der Waals surface area contributed by atoms with Gasteiger partial charge in [-0.05, 0) is 30.5 Å². The zero-order valence-electron chi connectivity index (χ0n) is 13.0. The second kappa shape index (κ2) is 6.22. The molecule has 0 spiro atoms. The Hall–Kier alpha value is -2.29. The van der Waals surface area contributed by atoms with E-state index in [1.54, 1.807) is 0 Å². The second-order valence-electron chi connectivity index (χ2n) is 5.80. The lowest BCUT2D eigenvalue weighted by Gasteiger charge is -2.20.